The van der Waals surface area contributed by atoms with Crippen molar-refractivity contribution in [2.45, 2.75) is 25.6 Å². The van der Waals surface area contributed by atoms with Gasteiger partial charge in [-0.15, -0.1) is 0 Å². The summed E-state index contributed by atoms with van der Waals surface area (Å²) < 4.78 is 39.5. The third kappa shape index (κ3) is 3.06. The summed E-state index contributed by atoms with van der Waals surface area (Å²) in [5.41, 5.74) is 0.251. The first-order chi connectivity index (χ1) is 11.3. The van der Waals surface area contributed by atoms with Crippen molar-refractivity contribution < 1.29 is 18.3 Å². The number of aromatic nitrogens is 2. The fourth-order valence-electron chi connectivity index (χ4n) is 2.50. The van der Waals surface area contributed by atoms with Crippen LogP contribution in [0.2, 0.25) is 0 Å². The van der Waals surface area contributed by atoms with Crippen LogP contribution < -0.4 is 4.90 Å². The number of alkyl halides is 3. The number of aliphatic hydroxyl groups excluding tert-OH is 1. The van der Waals surface area contributed by atoms with E-state index in [-0.39, 0.29) is 23.4 Å². The number of aliphatic hydroxyl groups is 1. The van der Waals surface area contributed by atoms with Gasteiger partial charge in [-0.2, -0.15) is 13.2 Å². The van der Waals surface area contributed by atoms with E-state index in [1.54, 1.807) is 29.2 Å². The van der Waals surface area contributed by atoms with Crippen LogP contribution in [0.4, 0.5) is 19.1 Å². The number of halogens is 3. The molecular weight excluding hydrogens is 319 g/mol. The molecule has 1 saturated heterocycles. The molecule has 1 aromatic carbocycles. The van der Waals surface area contributed by atoms with E-state index in [4.69, 9.17) is 0 Å². The van der Waals surface area contributed by atoms with E-state index in [1.165, 1.54) is 0 Å². The number of anilines is 1. The second kappa shape index (κ2) is 5.81. The van der Waals surface area contributed by atoms with Crippen LogP contribution in [-0.4, -0.2) is 27.7 Å². The Labute approximate surface area is 137 Å². The summed E-state index contributed by atoms with van der Waals surface area (Å²) in [5, 5.41) is 9.35. The Balaban J connectivity index is 2.05. The molecule has 1 aliphatic rings. The molecule has 7 heteroatoms. The fourth-order valence-corrected chi connectivity index (χ4v) is 2.50. The van der Waals surface area contributed by atoms with Gasteiger partial charge in [0.05, 0.1) is 5.69 Å². The molecule has 3 rings (SSSR count). The highest BCUT2D eigenvalue weighted by molar-refractivity contribution is 5.65. The van der Waals surface area contributed by atoms with Crippen molar-refractivity contribution in [1.82, 2.24) is 9.97 Å². The largest absolute Gasteiger partial charge is 0.508 e. The van der Waals surface area contributed by atoms with Crippen LogP contribution in [0.1, 0.15) is 24.6 Å². The van der Waals surface area contributed by atoms with Gasteiger partial charge in [-0.3, -0.25) is 0 Å². The Morgan fingerprint density at radius 3 is 2.38 bits per heavy atom. The van der Waals surface area contributed by atoms with Crippen molar-refractivity contribution >= 4 is 11.7 Å². The standard InChI is InChI=1S/C17H16F3N3O/c1-10-7-8-23(10)16-21-14(9-15(22-16)17(18,19)20)13-5-3-12(4-6-13)11(2)24/h3-6,9-10,24H,2,7-8H2,1H3/t10-/m0/s1. The third-order valence-corrected chi connectivity index (χ3v) is 4.10. The lowest BCUT2D eigenvalue weighted by atomic mass is 10.1. The summed E-state index contributed by atoms with van der Waals surface area (Å²) in [6, 6.07) is 7.43. The summed E-state index contributed by atoms with van der Waals surface area (Å²) in [5.74, 6) is -0.00969. The van der Waals surface area contributed by atoms with E-state index < -0.39 is 11.9 Å². The van der Waals surface area contributed by atoms with Gasteiger partial charge >= 0.3 is 6.18 Å². The topological polar surface area (TPSA) is 49.3 Å². The average Bonchev–Trinajstić information content (AvgIpc) is 2.52. The van der Waals surface area contributed by atoms with E-state index >= 15 is 0 Å². The normalized spacial score (nSPS) is 17.5. The number of nitrogens with zero attached hydrogens (tertiary/aromatic N) is 3. The van der Waals surface area contributed by atoms with Crippen LogP contribution in [0, 0.1) is 0 Å². The molecule has 0 aliphatic carbocycles. The molecule has 1 aliphatic heterocycles. The Kier molecular flexibility index (Phi) is 3.95. The molecule has 0 amide bonds. The monoisotopic (exact) mass is 335 g/mol. The molecular formula is C17H16F3N3O. The van der Waals surface area contributed by atoms with Gasteiger partial charge in [0.1, 0.15) is 5.76 Å². The number of benzene rings is 1. The molecule has 2 aromatic rings. The Morgan fingerprint density at radius 2 is 1.92 bits per heavy atom. The van der Waals surface area contributed by atoms with Gasteiger partial charge in [0, 0.05) is 23.7 Å². The minimum Gasteiger partial charge on any atom is -0.508 e. The summed E-state index contributed by atoms with van der Waals surface area (Å²) in [4.78, 5) is 9.73. The summed E-state index contributed by atoms with van der Waals surface area (Å²) in [7, 11) is 0. The Morgan fingerprint density at radius 1 is 1.25 bits per heavy atom. The van der Waals surface area contributed by atoms with Gasteiger partial charge in [-0.25, -0.2) is 9.97 Å². The summed E-state index contributed by atoms with van der Waals surface area (Å²) in [6.45, 7) is 5.98. The van der Waals surface area contributed by atoms with Crippen molar-refractivity contribution in [3.63, 3.8) is 0 Å². The molecule has 24 heavy (non-hydrogen) atoms. The van der Waals surface area contributed by atoms with Crippen LogP contribution >= 0.6 is 0 Å². The van der Waals surface area contributed by atoms with E-state index in [9.17, 15) is 18.3 Å². The first kappa shape index (κ1) is 16.3. The zero-order valence-electron chi connectivity index (χ0n) is 13.0. The van der Waals surface area contributed by atoms with Crippen LogP contribution in [0.5, 0.6) is 0 Å². The molecule has 0 bridgehead atoms. The van der Waals surface area contributed by atoms with E-state index in [0.717, 1.165) is 12.5 Å². The Hall–Kier alpha value is -2.57. The highest BCUT2D eigenvalue weighted by atomic mass is 19.4. The van der Waals surface area contributed by atoms with Crippen LogP contribution in [-0.2, 0) is 6.18 Å². The first-order valence-corrected chi connectivity index (χ1v) is 7.47. The van der Waals surface area contributed by atoms with Gasteiger partial charge in [-0.05, 0) is 19.4 Å². The van der Waals surface area contributed by atoms with Crippen molar-refractivity contribution in [2.75, 3.05) is 11.4 Å². The molecule has 2 heterocycles. The van der Waals surface area contributed by atoms with Crippen molar-refractivity contribution in [3.8, 4) is 11.3 Å². The zero-order chi connectivity index (χ0) is 17.5. The first-order valence-electron chi connectivity index (χ1n) is 7.47. The van der Waals surface area contributed by atoms with Crippen molar-refractivity contribution in [2.24, 2.45) is 0 Å². The molecule has 1 N–H and O–H groups in total. The molecule has 0 saturated carbocycles. The number of rotatable bonds is 3. The summed E-state index contributed by atoms with van der Waals surface area (Å²) in [6.07, 6.45) is -3.64. The lowest BCUT2D eigenvalue weighted by Gasteiger charge is -2.39. The second-order valence-electron chi connectivity index (χ2n) is 5.79. The SMILES string of the molecule is C=C(O)c1ccc(-c2cc(C(F)(F)F)nc(N3CC[C@@H]3C)n2)cc1. The minimum absolute atomic E-state index is 0.0919. The highest BCUT2D eigenvalue weighted by Gasteiger charge is 2.35. The highest BCUT2D eigenvalue weighted by Crippen LogP contribution is 2.33. The van der Waals surface area contributed by atoms with Crippen molar-refractivity contribution in [3.05, 3.63) is 48.2 Å². The van der Waals surface area contributed by atoms with Gasteiger partial charge in [-0.1, -0.05) is 30.8 Å². The lowest BCUT2D eigenvalue weighted by Crippen LogP contribution is -2.46. The molecule has 1 fully saturated rings. The lowest BCUT2D eigenvalue weighted by molar-refractivity contribution is -0.141. The smallest absolute Gasteiger partial charge is 0.433 e. The van der Waals surface area contributed by atoms with E-state index in [2.05, 4.69) is 16.5 Å². The molecule has 0 radical (unpaired) electrons. The zero-order valence-corrected chi connectivity index (χ0v) is 13.0. The van der Waals surface area contributed by atoms with Gasteiger partial charge in [0.15, 0.2) is 5.69 Å². The maximum absolute atomic E-state index is 13.2. The van der Waals surface area contributed by atoms with E-state index in [0.29, 0.717) is 17.7 Å². The average molecular weight is 335 g/mol. The van der Waals surface area contributed by atoms with Gasteiger partial charge in [0.2, 0.25) is 5.95 Å². The van der Waals surface area contributed by atoms with Crippen LogP contribution in [0.3, 0.4) is 0 Å². The molecule has 4 nitrogen and oxygen atoms in total. The maximum atomic E-state index is 13.2. The molecule has 1 aromatic heterocycles. The minimum atomic E-state index is -4.54. The van der Waals surface area contributed by atoms with Crippen molar-refractivity contribution in [1.29, 1.82) is 0 Å². The molecule has 0 unspecified atom stereocenters. The quantitative estimate of drug-likeness (QED) is 0.850. The molecule has 0 spiro atoms. The van der Waals surface area contributed by atoms with Crippen LogP contribution in [0.25, 0.3) is 17.0 Å². The summed E-state index contributed by atoms with van der Waals surface area (Å²) >= 11 is 0. The predicted octanol–water partition coefficient (Wildman–Crippen LogP) is 4.29. The number of hydrogen-bond acceptors (Lipinski definition) is 4. The number of hydrogen-bond donors (Lipinski definition) is 1. The van der Waals surface area contributed by atoms with Crippen LogP contribution in [0.15, 0.2) is 36.9 Å². The van der Waals surface area contributed by atoms with E-state index in [1.807, 2.05) is 6.92 Å². The molecule has 126 valence electrons. The fraction of sp³-hybridized carbons (Fsp3) is 0.294. The predicted molar refractivity (Wildman–Crippen MR) is 85.6 cm³/mol. The Bertz CT molecular complexity index is 772. The van der Waals surface area contributed by atoms with Gasteiger partial charge in [0.25, 0.3) is 0 Å². The van der Waals surface area contributed by atoms with Gasteiger partial charge < -0.3 is 10.0 Å². The molecule has 1 atom stereocenters. The third-order valence-electron chi connectivity index (χ3n) is 4.10. The second-order valence-corrected chi connectivity index (χ2v) is 5.79. The maximum Gasteiger partial charge on any atom is 0.433 e.